The highest BCUT2D eigenvalue weighted by atomic mass is 16.5. The largest absolute Gasteiger partial charge is 0.489 e. The highest BCUT2D eigenvalue weighted by molar-refractivity contribution is 5.90. The van der Waals surface area contributed by atoms with Gasteiger partial charge in [0.2, 0.25) is 11.8 Å². The van der Waals surface area contributed by atoms with Gasteiger partial charge in [0, 0.05) is 32.5 Å². The van der Waals surface area contributed by atoms with Gasteiger partial charge in [-0.05, 0) is 12.1 Å². The van der Waals surface area contributed by atoms with E-state index in [0.29, 0.717) is 31.1 Å². The lowest BCUT2D eigenvalue weighted by atomic mass is 10.2. The Morgan fingerprint density at radius 3 is 2.58 bits per heavy atom. The molecule has 1 aromatic carbocycles. The molecule has 0 bridgehead atoms. The van der Waals surface area contributed by atoms with Crippen LogP contribution in [0.5, 0.6) is 5.75 Å². The molecule has 134 valence electrons. The van der Waals surface area contributed by atoms with Gasteiger partial charge in [-0.25, -0.2) is 0 Å². The van der Waals surface area contributed by atoms with Crippen molar-refractivity contribution >= 4 is 17.5 Å². The third kappa shape index (κ3) is 7.94. The lowest BCUT2D eigenvalue weighted by Gasteiger charge is -2.16. The molecule has 4 N–H and O–H groups in total. The van der Waals surface area contributed by atoms with Crippen LogP contribution in [0.4, 0.5) is 5.69 Å². The minimum absolute atomic E-state index is 0.00950. The summed E-state index contributed by atoms with van der Waals surface area (Å²) >= 11 is 0. The van der Waals surface area contributed by atoms with E-state index >= 15 is 0 Å². The molecule has 1 atom stereocenters. The molecule has 0 aliphatic rings. The molecule has 24 heavy (non-hydrogen) atoms. The number of benzene rings is 1. The van der Waals surface area contributed by atoms with Crippen molar-refractivity contribution in [2.45, 2.75) is 26.9 Å². The quantitative estimate of drug-likeness (QED) is 0.472. The Hall–Kier alpha value is -2.12. The van der Waals surface area contributed by atoms with Gasteiger partial charge in [0.1, 0.15) is 18.5 Å². The Labute approximate surface area is 142 Å². The molecule has 0 saturated carbocycles. The van der Waals surface area contributed by atoms with E-state index in [-0.39, 0.29) is 24.3 Å². The molecule has 0 heterocycles. The van der Waals surface area contributed by atoms with E-state index in [1.807, 2.05) is 13.8 Å². The maximum Gasteiger partial charge on any atom is 0.222 e. The predicted octanol–water partition coefficient (Wildman–Crippen LogP) is 0.746. The average molecular weight is 337 g/mol. The zero-order chi connectivity index (χ0) is 17.9. The number of amides is 2. The number of aliphatic hydroxyl groups is 1. The summed E-state index contributed by atoms with van der Waals surface area (Å²) in [5, 5.41) is 18.4. The van der Waals surface area contributed by atoms with Gasteiger partial charge in [0.25, 0.3) is 0 Å². The maximum atomic E-state index is 11.4. The summed E-state index contributed by atoms with van der Waals surface area (Å²) in [5.41, 5.74) is 0.571. The standard InChI is InChI=1S/C17H27N3O4/c1-12(2)17(23)19-9-8-18-10-14(22)11-24-16-7-5-4-6-15(16)20-13(3)21/h4-7,12,14,18,22H,8-11H2,1-3H3,(H,19,23)(H,20,21). The summed E-state index contributed by atoms with van der Waals surface area (Å²) in [6.45, 7) is 6.62. The molecule has 7 nitrogen and oxygen atoms in total. The molecule has 1 rings (SSSR count). The summed E-state index contributed by atoms with van der Waals surface area (Å²) in [6, 6.07) is 7.05. The van der Waals surface area contributed by atoms with E-state index in [0.717, 1.165) is 0 Å². The zero-order valence-electron chi connectivity index (χ0n) is 14.5. The van der Waals surface area contributed by atoms with Gasteiger partial charge in [0.15, 0.2) is 0 Å². The molecule has 0 aliphatic heterocycles. The Morgan fingerprint density at radius 1 is 1.21 bits per heavy atom. The van der Waals surface area contributed by atoms with E-state index in [1.165, 1.54) is 6.92 Å². The first kappa shape index (κ1) is 19.9. The van der Waals surface area contributed by atoms with Crippen LogP contribution in [-0.4, -0.2) is 49.3 Å². The second kappa shape index (κ2) is 10.6. The Morgan fingerprint density at radius 2 is 1.92 bits per heavy atom. The summed E-state index contributed by atoms with van der Waals surface area (Å²) < 4.78 is 5.55. The van der Waals surface area contributed by atoms with Crippen LogP contribution in [0.25, 0.3) is 0 Å². The summed E-state index contributed by atoms with van der Waals surface area (Å²) in [5.74, 6) is 0.301. The number of carbonyl (C=O) groups is 2. The molecule has 0 saturated heterocycles. The summed E-state index contributed by atoms with van der Waals surface area (Å²) in [7, 11) is 0. The van der Waals surface area contributed by atoms with E-state index in [1.54, 1.807) is 24.3 Å². The van der Waals surface area contributed by atoms with E-state index in [2.05, 4.69) is 16.0 Å². The monoisotopic (exact) mass is 337 g/mol. The lowest BCUT2D eigenvalue weighted by molar-refractivity contribution is -0.124. The van der Waals surface area contributed by atoms with Gasteiger partial charge in [-0.15, -0.1) is 0 Å². The van der Waals surface area contributed by atoms with E-state index in [9.17, 15) is 14.7 Å². The fourth-order valence-corrected chi connectivity index (χ4v) is 1.88. The fraction of sp³-hybridized carbons (Fsp3) is 0.529. The maximum absolute atomic E-state index is 11.4. The van der Waals surface area contributed by atoms with Gasteiger partial charge in [-0.3, -0.25) is 9.59 Å². The van der Waals surface area contributed by atoms with Crippen LogP contribution in [0.1, 0.15) is 20.8 Å². The van der Waals surface area contributed by atoms with E-state index in [4.69, 9.17) is 4.74 Å². The fourth-order valence-electron chi connectivity index (χ4n) is 1.88. The van der Waals surface area contributed by atoms with Gasteiger partial charge < -0.3 is 25.8 Å². The van der Waals surface area contributed by atoms with Crippen LogP contribution >= 0.6 is 0 Å². The highest BCUT2D eigenvalue weighted by Crippen LogP contribution is 2.23. The van der Waals surface area contributed by atoms with Crippen molar-refractivity contribution < 1.29 is 19.4 Å². The lowest BCUT2D eigenvalue weighted by Crippen LogP contribution is -2.38. The Balaban J connectivity index is 2.26. The van der Waals surface area contributed by atoms with Crippen molar-refractivity contribution in [3.8, 4) is 5.75 Å². The Bertz CT molecular complexity index is 534. The zero-order valence-corrected chi connectivity index (χ0v) is 14.5. The van der Waals surface area contributed by atoms with Crippen molar-refractivity contribution in [1.29, 1.82) is 0 Å². The third-order valence-corrected chi connectivity index (χ3v) is 3.13. The number of para-hydroxylation sites is 2. The normalized spacial score (nSPS) is 11.9. The van der Waals surface area contributed by atoms with Crippen LogP contribution in [0.15, 0.2) is 24.3 Å². The van der Waals surface area contributed by atoms with Crippen molar-refractivity contribution in [1.82, 2.24) is 10.6 Å². The molecular formula is C17H27N3O4. The van der Waals surface area contributed by atoms with Gasteiger partial charge in [-0.2, -0.15) is 0 Å². The first-order valence-electron chi connectivity index (χ1n) is 8.06. The number of hydrogen-bond acceptors (Lipinski definition) is 5. The average Bonchev–Trinajstić information content (AvgIpc) is 2.52. The number of aliphatic hydroxyl groups excluding tert-OH is 1. The van der Waals surface area contributed by atoms with Crippen LogP contribution in [-0.2, 0) is 9.59 Å². The molecule has 0 fully saturated rings. The molecular weight excluding hydrogens is 310 g/mol. The number of ether oxygens (including phenoxy) is 1. The molecule has 0 spiro atoms. The molecule has 1 unspecified atom stereocenters. The second-order valence-corrected chi connectivity index (χ2v) is 5.79. The van der Waals surface area contributed by atoms with Crippen LogP contribution < -0.4 is 20.7 Å². The van der Waals surface area contributed by atoms with Gasteiger partial charge in [-0.1, -0.05) is 26.0 Å². The highest BCUT2D eigenvalue weighted by Gasteiger charge is 2.09. The van der Waals surface area contributed by atoms with Gasteiger partial charge >= 0.3 is 0 Å². The SMILES string of the molecule is CC(=O)Nc1ccccc1OCC(O)CNCCNC(=O)C(C)C. The predicted molar refractivity (Wildman–Crippen MR) is 93.0 cm³/mol. The van der Waals surface area contributed by atoms with Crippen LogP contribution in [0.2, 0.25) is 0 Å². The molecule has 0 radical (unpaired) electrons. The Kier molecular flexibility index (Phi) is 8.81. The molecule has 0 aromatic heterocycles. The summed E-state index contributed by atoms with van der Waals surface area (Å²) in [6.07, 6.45) is -0.698. The summed E-state index contributed by atoms with van der Waals surface area (Å²) in [4.78, 5) is 22.5. The minimum atomic E-state index is -0.698. The van der Waals surface area contributed by atoms with E-state index < -0.39 is 6.10 Å². The topological polar surface area (TPSA) is 99.7 Å². The first-order valence-corrected chi connectivity index (χ1v) is 8.06. The van der Waals surface area contributed by atoms with Crippen LogP contribution in [0.3, 0.4) is 0 Å². The van der Waals surface area contributed by atoms with Crippen LogP contribution in [0, 0.1) is 5.92 Å². The first-order chi connectivity index (χ1) is 11.4. The number of hydrogen-bond donors (Lipinski definition) is 4. The van der Waals surface area contributed by atoms with Crippen molar-refractivity contribution in [3.63, 3.8) is 0 Å². The minimum Gasteiger partial charge on any atom is -0.489 e. The number of carbonyl (C=O) groups excluding carboxylic acids is 2. The number of rotatable bonds is 10. The van der Waals surface area contributed by atoms with Crippen molar-refractivity contribution in [2.75, 3.05) is 31.6 Å². The van der Waals surface area contributed by atoms with Crippen molar-refractivity contribution in [3.05, 3.63) is 24.3 Å². The third-order valence-electron chi connectivity index (χ3n) is 3.13. The van der Waals surface area contributed by atoms with Gasteiger partial charge in [0.05, 0.1) is 5.69 Å². The molecule has 7 heteroatoms. The molecule has 1 aromatic rings. The number of anilines is 1. The second-order valence-electron chi connectivity index (χ2n) is 5.79. The van der Waals surface area contributed by atoms with Crippen molar-refractivity contribution in [2.24, 2.45) is 5.92 Å². The molecule has 2 amide bonds. The number of nitrogens with one attached hydrogen (secondary N) is 3. The smallest absolute Gasteiger partial charge is 0.222 e. The molecule has 0 aliphatic carbocycles.